The van der Waals surface area contributed by atoms with Crippen molar-refractivity contribution in [1.82, 2.24) is 0 Å². The second-order valence-corrected chi connectivity index (χ2v) is 5.31. The van der Waals surface area contributed by atoms with Crippen molar-refractivity contribution in [1.29, 1.82) is 0 Å². The molecule has 0 saturated heterocycles. The van der Waals surface area contributed by atoms with Crippen LogP contribution in [0.3, 0.4) is 0 Å². The van der Waals surface area contributed by atoms with Gasteiger partial charge in [0.25, 0.3) is 0 Å². The van der Waals surface area contributed by atoms with Gasteiger partial charge >= 0.3 is 0 Å². The van der Waals surface area contributed by atoms with Crippen molar-refractivity contribution in [3.05, 3.63) is 64.1 Å². The molecular weight excluding hydrogens is 342 g/mol. The lowest BCUT2D eigenvalue weighted by atomic mass is 10.1. The topological polar surface area (TPSA) is 26.3 Å². The van der Waals surface area contributed by atoms with Gasteiger partial charge in [-0.2, -0.15) is 0 Å². The fraction of sp³-hybridized carbons (Fsp3) is 0.188. The van der Waals surface area contributed by atoms with Crippen LogP contribution in [0, 0.1) is 11.6 Å². The standard InChI is InChI=1S/C16H13BrF2O2/c17-14-8-7-13(19)10-16(14)21-9-1-2-15(20)11-3-5-12(18)6-4-11/h3-8,10H,1-2,9H2. The number of rotatable bonds is 6. The normalized spacial score (nSPS) is 10.4. The van der Waals surface area contributed by atoms with Gasteiger partial charge in [-0.3, -0.25) is 4.79 Å². The maximum absolute atomic E-state index is 13.1. The summed E-state index contributed by atoms with van der Waals surface area (Å²) in [5.41, 5.74) is 0.475. The Kier molecular flexibility index (Phi) is 5.44. The zero-order chi connectivity index (χ0) is 15.2. The van der Waals surface area contributed by atoms with Crippen LogP contribution in [-0.2, 0) is 0 Å². The Morgan fingerprint density at radius 3 is 2.43 bits per heavy atom. The highest BCUT2D eigenvalue weighted by atomic mass is 79.9. The van der Waals surface area contributed by atoms with E-state index in [-0.39, 0.29) is 17.4 Å². The first-order valence-corrected chi connectivity index (χ1v) is 7.22. The van der Waals surface area contributed by atoms with E-state index in [9.17, 15) is 13.6 Å². The third-order valence-electron chi connectivity index (χ3n) is 2.87. The van der Waals surface area contributed by atoms with Crippen molar-refractivity contribution in [2.24, 2.45) is 0 Å². The SMILES string of the molecule is O=C(CCCOc1cc(F)ccc1Br)c1ccc(F)cc1. The maximum Gasteiger partial charge on any atom is 0.163 e. The lowest BCUT2D eigenvalue weighted by Crippen LogP contribution is -2.04. The van der Waals surface area contributed by atoms with Crippen LogP contribution in [0.1, 0.15) is 23.2 Å². The molecule has 2 aromatic rings. The molecule has 0 aromatic heterocycles. The molecule has 0 amide bonds. The fourth-order valence-electron chi connectivity index (χ4n) is 1.78. The molecule has 0 aliphatic carbocycles. The summed E-state index contributed by atoms with van der Waals surface area (Å²) in [5.74, 6) is -0.414. The highest BCUT2D eigenvalue weighted by molar-refractivity contribution is 9.10. The molecule has 0 saturated carbocycles. The van der Waals surface area contributed by atoms with E-state index in [1.807, 2.05) is 0 Å². The molecule has 0 atom stereocenters. The number of halogens is 3. The Morgan fingerprint density at radius 2 is 1.71 bits per heavy atom. The van der Waals surface area contributed by atoms with Crippen molar-refractivity contribution >= 4 is 21.7 Å². The molecule has 0 bridgehead atoms. The van der Waals surface area contributed by atoms with Crippen molar-refractivity contribution in [3.8, 4) is 5.75 Å². The van der Waals surface area contributed by atoms with E-state index in [1.54, 1.807) is 6.07 Å². The Hall–Kier alpha value is -1.75. The Labute approximate surface area is 129 Å². The average molecular weight is 355 g/mol. The summed E-state index contributed by atoms with van der Waals surface area (Å²) in [5, 5.41) is 0. The molecule has 2 aromatic carbocycles. The largest absolute Gasteiger partial charge is 0.492 e. The van der Waals surface area contributed by atoms with Crippen LogP contribution in [0.5, 0.6) is 5.75 Å². The first-order chi connectivity index (χ1) is 10.1. The van der Waals surface area contributed by atoms with Gasteiger partial charge in [0, 0.05) is 18.1 Å². The van der Waals surface area contributed by atoms with Crippen LogP contribution in [0.25, 0.3) is 0 Å². The van der Waals surface area contributed by atoms with Crippen LogP contribution < -0.4 is 4.74 Å². The monoisotopic (exact) mass is 354 g/mol. The number of ketones is 1. The van der Waals surface area contributed by atoms with Gasteiger partial charge in [0.1, 0.15) is 17.4 Å². The molecule has 110 valence electrons. The summed E-state index contributed by atoms with van der Waals surface area (Å²) in [6.07, 6.45) is 0.789. The van der Waals surface area contributed by atoms with Gasteiger partial charge in [-0.25, -0.2) is 8.78 Å². The van der Waals surface area contributed by atoms with E-state index in [1.165, 1.54) is 36.4 Å². The number of hydrogen-bond donors (Lipinski definition) is 0. The van der Waals surface area contributed by atoms with E-state index in [0.29, 0.717) is 35.2 Å². The van der Waals surface area contributed by atoms with Crippen LogP contribution in [0.15, 0.2) is 46.9 Å². The molecule has 0 heterocycles. The fourth-order valence-corrected chi connectivity index (χ4v) is 2.14. The third-order valence-corrected chi connectivity index (χ3v) is 3.52. The van der Waals surface area contributed by atoms with Gasteiger partial charge in [0.05, 0.1) is 11.1 Å². The highest BCUT2D eigenvalue weighted by Gasteiger charge is 2.07. The van der Waals surface area contributed by atoms with E-state index in [2.05, 4.69) is 15.9 Å². The summed E-state index contributed by atoms with van der Waals surface area (Å²) in [4.78, 5) is 11.8. The van der Waals surface area contributed by atoms with Crippen molar-refractivity contribution in [2.45, 2.75) is 12.8 Å². The van der Waals surface area contributed by atoms with Crippen LogP contribution in [0.4, 0.5) is 8.78 Å². The minimum absolute atomic E-state index is 0.0723. The van der Waals surface area contributed by atoms with E-state index < -0.39 is 0 Å². The number of carbonyl (C=O) groups is 1. The quantitative estimate of drug-likeness (QED) is 0.551. The second-order valence-electron chi connectivity index (χ2n) is 4.46. The van der Waals surface area contributed by atoms with Gasteiger partial charge in [0.15, 0.2) is 5.78 Å². The van der Waals surface area contributed by atoms with Gasteiger partial charge in [-0.05, 0) is 58.7 Å². The number of ether oxygens (including phenoxy) is 1. The lowest BCUT2D eigenvalue weighted by Gasteiger charge is -2.08. The van der Waals surface area contributed by atoms with E-state index in [0.717, 1.165) is 0 Å². The molecule has 0 spiro atoms. The smallest absolute Gasteiger partial charge is 0.163 e. The van der Waals surface area contributed by atoms with Gasteiger partial charge in [0.2, 0.25) is 0 Å². The van der Waals surface area contributed by atoms with Crippen LogP contribution in [0.2, 0.25) is 0 Å². The van der Waals surface area contributed by atoms with Gasteiger partial charge < -0.3 is 4.74 Å². The van der Waals surface area contributed by atoms with Crippen LogP contribution in [-0.4, -0.2) is 12.4 Å². The molecule has 5 heteroatoms. The average Bonchev–Trinajstić information content (AvgIpc) is 2.47. The highest BCUT2D eigenvalue weighted by Crippen LogP contribution is 2.25. The van der Waals surface area contributed by atoms with Gasteiger partial charge in [-0.1, -0.05) is 0 Å². The van der Waals surface area contributed by atoms with E-state index in [4.69, 9.17) is 4.74 Å². The minimum atomic E-state index is -0.379. The molecule has 0 aliphatic heterocycles. The predicted octanol–water partition coefficient (Wildman–Crippen LogP) is 4.77. The summed E-state index contributed by atoms with van der Waals surface area (Å²) in [6.45, 7) is 0.301. The molecule has 0 N–H and O–H groups in total. The molecular formula is C16H13BrF2O2. The zero-order valence-electron chi connectivity index (χ0n) is 11.1. The molecule has 0 aliphatic rings. The number of Topliss-reactive ketones (excluding diaryl/α,β-unsaturated/α-hetero) is 1. The Morgan fingerprint density at radius 1 is 1.05 bits per heavy atom. The van der Waals surface area contributed by atoms with Crippen molar-refractivity contribution in [2.75, 3.05) is 6.61 Å². The lowest BCUT2D eigenvalue weighted by molar-refractivity contribution is 0.0973. The third kappa shape index (κ3) is 4.63. The summed E-state index contributed by atoms with van der Waals surface area (Å²) in [7, 11) is 0. The van der Waals surface area contributed by atoms with Gasteiger partial charge in [-0.15, -0.1) is 0 Å². The maximum atomic E-state index is 13.1. The molecule has 2 nitrogen and oxygen atoms in total. The molecule has 0 radical (unpaired) electrons. The Balaban J connectivity index is 1.80. The second kappa shape index (κ2) is 7.31. The molecule has 0 fully saturated rings. The minimum Gasteiger partial charge on any atom is -0.492 e. The first kappa shape index (κ1) is 15.6. The molecule has 0 unspecified atom stereocenters. The van der Waals surface area contributed by atoms with Crippen molar-refractivity contribution < 1.29 is 18.3 Å². The number of hydrogen-bond acceptors (Lipinski definition) is 2. The first-order valence-electron chi connectivity index (χ1n) is 6.43. The number of carbonyl (C=O) groups excluding carboxylic acids is 1. The van der Waals surface area contributed by atoms with E-state index >= 15 is 0 Å². The summed E-state index contributed by atoms with van der Waals surface area (Å²) >= 11 is 3.26. The predicted molar refractivity (Wildman–Crippen MR) is 79.6 cm³/mol. The Bertz CT molecular complexity index is 627. The summed E-state index contributed by atoms with van der Waals surface area (Å²) < 4.78 is 31.9. The molecule has 2 rings (SSSR count). The summed E-state index contributed by atoms with van der Waals surface area (Å²) in [6, 6.07) is 9.61. The van der Waals surface area contributed by atoms with Crippen LogP contribution >= 0.6 is 15.9 Å². The zero-order valence-corrected chi connectivity index (χ0v) is 12.7. The number of benzene rings is 2. The molecule has 21 heavy (non-hydrogen) atoms. The van der Waals surface area contributed by atoms with Crippen molar-refractivity contribution in [3.63, 3.8) is 0 Å².